The quantitative estimate of drug-likeness (QED) is 0.540. The molecule has 1 aromatic rings. The minimum absolute atomic E-state index is 0.716. The Kier molecular flexibility index (Phi) is 7.68. The van der Waals surface area contributed by atoms with E-state index in [1.165, 1.54) is 12.0 Å². The second-order valence-electron chi connectivity index (χ2n) is 3.88. The first-order valence-electron chi connectivity index (χ1n) is 6.09. The van der Waals surface area contributed by atoms with Crippen molar-refractivity contribution in [1.29, 1.82) is 0 Å². The van der Waals surface area contributed by atoms with Crippen molar-refractivity contribution in [2.45, 2.75) is 12.8 Å². The van der Waals surface area contributed by atoms with E-state index in [1.54, 1.807) is 0 Å². The molecule has 0 unspecified atom stereocenters. The lowest BCUT2D eigenvalue weighted by atomic mass is 10.1. The minimum Gasteiger partial charge on any atom is -0.329 e. The van der Waals surface area contributed by atoms with E-state index in [0.717, 1.165) is 32.6 Å². The van der Waals surface area contributed by atoms with Crippen molar-refractivity contribution in [1.82, 2.24) is 10.6 Å². The fourth-order valence-electron chi connectivity index (χ4n) is 1.59. The van der Waals surface area contributed by atoms with Gasteiger partial charge in [0.05, 0.1) is 0 Å². The van der Waals surface area contributed by atoms with E-state index in [2.05, 4.69) is 41.0 Å². The average Bonchev–Trinajstić information content (AvgIpc) is 2.34. The monoisotopic (exact) mass is 221 g/mol. The standard InChI is InChI=1S/C13H23N3/c14-8-10-16-12-11-15-9-4-7-13-5-2-1-3-6-13/h1-3,5-6,15-16H,4,7-12,14H2. The highest BCUT2D eigenvalue weighted by atomic mass is 14.9. The van der Waals surface area contributed by atoms with E-state index in [1.807, 2.05) is 0 Å². The second-order valence-corrected chi connectivity index (χ2v) is 3.88. The second kappa shape index (κ2) is 9.33. The summed E-state index contributed by atoms with van der Waals surface area (Å²) in [5.74, 6) is 0. The molecule has 0 atom stereocenters. The molecule has 3 heteroatoms. The fraction of sp³-hybridized carbons (Fsp3) is 0.538. The van der Waals surface area contributed by atoms with Gasteiger partial charge in [-0.2, -0.15) is 0 Å². The summed E-state index contributed by atoms with van der Waals surface area (Å²) in [5, 5.41) is 6.67. The first-order chi connectivity index (χ1) is 7.93. The van der Waals surface area contributed by atoms with Crippen LogP contribution in [0.4, 0.5) is 0 Å². The third-order valence-electron chi connectivity index (χ3n) is 2.46. The molecule has 0 aliphatic rings. The third kappa shape index (κ3) is 6.56. The highest BCUT2D eigenvalue weighted by Gasteiger charge is 1.91. The van der Waals surface area contributed by atoms with E-state index in [9.17, 15) is 0 Å². The number of rotatable bonds is 9. The first kappa shape index (κ1) is 13.2. The molecule has 0 radical (unpaired) electrons. The summed E-state index contributed by atoms with van der Waals surface area (Å²) in [6, 6.07) is 10.6. The van der Waals surface area contributed by atoms with Crippen LogP contribution in [-0.4, -0.2) is 32.7 Å². The van der Waals surface area contributed by atoms with Crippen LogP contribution in [0.15, 0.2) is 30.3 Å². The lowest BCUT2D eigenvalue weighted by molar-refractivity contribution is 0.599. The topological polar surface area (TPSA) is 50.1 Å². The highest BCUT2D eigenvalue weighted by Crippen LogP contribution is 2.00. The molecule has 0 fully saturated rings. The molecule has 0 bridgehead atoms. The molecular formula is C13H23N3. The summed E-state index contributed by atoms with van der Waals surface area (Å²) in [6.07, 6.45) is 2.35. The largest absolute Gasteiger partial charge is 0.329 e. The Balaban J connectivity index is 1.89. The van der Waals surface area contributed by atoms with Crippen LogP contribution in [-0.2, 0) is 6.42 Å². The summed E-state index contributed by atoms with van der Waals surface area (Å²) in [4.78, 5) is 0. The number of hydrogen-bond donors (Lipinski definition) is 3. The van der Waals surface area contributed by atoms with Crippen LogP contribution in [0.25, 0.3) is 0 Å². The summed E-state index contributed by atoms with van der Waals surface area (Å²) in [5.41, 5.74) is 6.79. The van der Waals surface area contributed by atoms with Crippen molar-refractivity contribution in [2.24, 2.45) is 5.73 Å². The average molecular weight is 221 g/mol. The van der Waals surface area contributed by atoms with Gasteiger partial charge in [-0.25, -0.2) is 0 Å². The van der Waals surface area contributed by atoms with Crippen molar-refractivity contribution in [3.63, 3.8) is 0 Å². The van der Waals surface area contributed by atoms with Gasteiger partial charge in [-0.15, -0.1) is 0 Å². The van der Waals surface area contributed by atoms with Crippen LogP contribution in [0, 0.1) is 0 Å². The molecule has 0 saturated carbocycles. The molecule has 0 saturated heterocycles. The van der Waals surface area contributed by atoms with E-state index >= 15 is 0 Å². The van der Waals surface area contributed by atoms with Crippen LogP contribution in [0.3, 0.4) is 0 Å². The molecule has 0 aliphatic heterocycles. The number of nitrogens with one attached hydrogen (secondary N) is 2. The first-order valence-corrected chi connectivity index (χ1v) is 6.09. The predicted octanol–water partition coefficient (Wildman–Crippen LogP) is 0.757. The Labute approximate surface area is 98.4 Å². The van der Waals surface area contributed by atoms with Crippen LogP contribution in [0.5, 0.6) is 0 Å². The van der Waals surface area contributed by atoms with Crippen LogP contribution >= 0.6 is 0 Å². The molecule has 3 nitrogen and oxygen atoms in total. The highest BCUT2D eigenvalue weighted by molar-refractivity contribution is 5.14. The molecule has 16 heavy (non-hydrogen) atoms. The fourth-order valence-corrected chi connectivity index (χ4v) is 1.59. The lowest BCUT2D eigenvalue weighted by Crippen LogP contribution is -2.31. The summed E-state index contributed by atoms with van der Waals surface area (Å²) < 4.78 is 0. The SMILES string of the molecule is NCCNCCNCCCc1ccccc1. The van der Waals surface area contributed by atoms with Crippen LogP contribution in [0.2, 0.25) is 0 Å². The van der Waals surface area contributed by atoms with Crippen molar-refractivity contribution >= 4 is 0 Å². The molecule has 0 aromatic heterocycles. The normalized spacial score (nSPS) is 10.6. The molecule has 90 valence electrons. The minimum atomic E-state index is 0.716. The number of hydrogen-bond acceptors (Lipinski definition) is 3. The van der Waals surface area contributed by atoms with Gasteiger partial charge in [0.1, 0.15) is 0 Å². The van der Waals surface area contributed by atoms with Gasteiger partial charge in [0.25, 0.3) is 0 Å². The van der Waals surface area contributed by atoms with Gasteiger partial charge in [0.2, 0.25) is 0 Å². The number of aryl methyl sites for hydroxylation is 1. The van der Waals surface area contributed by atoms with Gasteiger partial charge in [-0.3, -0.25) is 0 Å². The zero-order chi connectivity index (χ0) is 11.5. The van der Waals surface area contributed by atoms with E-state index in [-0.39, 0.29) is 0 Å². The van der Waals surface area contributed by atoms with Gasteiger partial charge in [0.15, 0.2) is 0 Å². The number of nitrogens with two attached hydrogens (primary N) is 1. The molecule has 1 aromatic carbocycles. The molecule has 4 N–H and O–H groups in total. The van der Waals surface area contributed by atoms with E-state index in [4.69, 9.17) is 5.73 Å². The van der Waals surface area contributed by atoms with Crippen molar-refractivity contribution in [2.75, 3.05) is 32.7 Å². The van der Waals surface area contributed by atoms with Gasteiger partial charge in [-0.1, -0.05) is 30.3 Å². The molecule has 0 amide bonds. The van der Waals surface area contributed by atoms with Gasteiger partial charge < -0.3 is 16.4 Å². The summed E-state index contributed by atoms with van der Waals surface area (Å²) >= 11 is 0. The van der Waals surface area contributed by atoms with E-state index < -0.39 is 0 Å². The van der Waals surface area contributed by atoms with Crippen molar-refractivity contribution in [3.05, 3.63) is 35.9 Å². The lowest BCUT2D eigenvalue weighted by Gasteiger charge is -2.05. The maximum atomic E-state index is 5.37. The molecule has 0 aliphatic carbocycles. The zero-order valence-corrected chi connectivity index (χ0v) is 9.91. The maximum Gasteiger partial charge on any atom is 0.00772 e. The van der Waals surface area contributed by atoms with Gasteiger partial charge in [-0.05, 0) is 24.9 Å². The zero-order valence-electron chi connectivity index (χ0n) is 9.91. The Morgan fingerprint density at radius 1 is 0.875 bits per heavy atom. The number of benzene rings is 1. The van der Waals surface area contributed by atoms with Gasteiger partial charge >= 0.3 is 0 Å². The molecular weight excluding hydrogens is 198 g/mol. The van der Waals surface area contributed by atoms with Gasteiger partial charge in [0, 0.05) is 26.2 Å². The Hall–Kier alpha value is -0.900. The third-order valence-corrected chi connectivity index (χ3v) is 2.46. The Morgan fingerprint density at radius 2 is 1.56 bits per heavy atom. The summed E-state index contributed by atoms with van der Waals surface area (Å²) in [7, 11) is 0. The predicted molar refractivity (Wildman–Crippen MR) is 69.6 cm³/mol. The Bertz CT molecular complexity index is 249. The van der Waals surface area contributed by atoms with Crippen molar-refractivity contribution in [3.8, 4) is 0 Å². The maximum absolute atomic E-state index is 5.37. The van der Waals surface area contributed by atoms with Crippen LogP contribution in [0.1, 0.15) is 12.0 Å². The summed E-state index contributed by atoms with van der Waals surface area (Å²) in [6.45, 7) is 4.73. The molecule has 0 spiro atoms. The Morgan fingerprint density at radius 3 is 2.25 bits per heavy atom. The molecule has 0 heterocycles. The van der Waals surface area contributed by atoms with Crippen LogP contribution < -0.4 is 16.4 Å². The van der Waals surface area contributed by atoms with Crippen molar-refractivity contribution < 1.29 is 0 Å². The van der Waals surface area contributed by atoms with E-state index in [0.29, 0.717) is 6.54 Å². The smallest absolute Gasteiger partial charge is 0.00772 e. The molecule has 1 rings (SSSR count).